The Labute approximate surface area is 167 Å². The van der Waals surface area contributed by atoms with Gasteiger partial charge in [-0.3, -0.25) is 9.59 Å². The van der Waals surface area contributed by atoms with E-state index in [0.29, 0.717) is 45.6 Å². The van der Waals surface area contributed by atoms with E-state index in [1.165, 1.54) is 28.3 Å². The van der Waals surface area contributed by atoms with E-state index in [1.54, 1.807) is 24.3 Å². The highest BCUT2D eigenvalue weighted by Gasteiger charge is 2.43. The average Bonchev–Trinajstić information content (AvgIpc) is 3.17. The second-order valence-corrected chi connectivity index (χ2v) is 6.69. The summed E-state index contributed by atoms with van der Waals surface area (Å²) in [6, 6.07) is 6.81. The molecule has 0 saturated carbocycles. The van der Waals surface area contributed by atoms with Gasteiger partial charge in [0.15, 0.2) is 23.0 Å². The van der Waals surface area contributed by atoms with Gasteiger partial charge in [-0.15, -0.1) is 0 Å². The van der Waals surface area contributed by atoms with Crippen LogP contribution < -0.4 is 28.4 Å². The van der Waals surface area contributed by atoms with Gasteiger partial charge in [0.05, 0.1) is 21.3 Å². The number of hydrogen-bond donors (Lipinski definition) is 0. The van der Waals surface area contributed by atoms with Crippen molar-refractivity contribution in [3.63, 3.8) is 0 Å². The summed E-state index contributed by atoms with van der Waals surface area (Å²) in [5, 5.41) is 0. The van der Waals surface area contributed by atoms with Crippen LogP contribution in [0, 0.1) is 5.92 Å². The largest absolute Gasteiger partial charge is 0.493 e. The molecule has 2 atom stereocenters. The van der Waals surface area contributed by atoms with Crippen molar-refractivity contribution < 1.29 is 38.0 Å². The van der Waals surface area contributed by atoms with E-state index in [2.05, 4.69) is 0 Å². The zero-order valence-corrected chi connectivity index (χ0v) is 16.4. The third-order valence-electron chi connectivity index (χ3n) is 5.12. The molecule has 2 unspecified atom stereocenters. The van der Waals surface area contributed by atoms with Gasteiger partial charge in [0.25, 0.3) is 0 Å². The van der Waals surface area contributed by atoms with Gasteiger partial charge in [-0.25, -0.2) is 0 Å². The first kappa shape index (κ1) is 18.9. The van der Waals surface area contributed by atoms with E-state index in [1.807, 2.05) is 0 Å². The van der Waals surface area contributed by atoms with Gasteiger partial charge in [-0.05, 0) is 30.7 Å². The van der Waals surface area contributed by atoms with Crippen molar-refractivity contribution in [1.82, 2.24) is 0 Å². The van der Waals surface area contributed by atoms with Crippen molar-refractivity contribution in [3.05, 3.63) is 35.4 Å². The van der Waals surface area contributed by atoms with Crippen molar-refractivity contribution in [2.24, 2.45) is 5.92 Å². The maximum absolute atomic E-state index is 12.7. The Hall–Kier alpha value is -3.42. The molecule has 29 heavy (non-hydrogen) atoms. The molecule has 2 heterocycles. The second kappa shape index (κ2) is 7.20. The molecule has 0 aromatic heterocycles. The molecule has 2 aliphatic heterocycles. The smallest absolute Gasteiger partial charge is 0.322 e. The van der Waals surface area contributed by atoms with Crippen molar-refractivity contribution in [2.75, 3.05) is 28.1 Å². The lowest BCUT2D eigenvalue weighted by Gasteiger charge is -2.31. The number of ether oxygens (including phenoxy) is 6. The molecule has 0 radical (unpaired) electrons. The van der Waals surface area contributed by atoms with Crippen LogP contribution in [-0.2, 0) is 9.59 Å². The highest BCUT2D eigenvalue weighted by molar-refractivity contribution is 6.01. The molecule has 2 aromatic rings. The summed E-state index contributed by atoms with van der Waals surface area (Å²) in [6.45, 7) is 1.45. The van der Waals surface area contributed by atoms with E-state index in [4.69, 9.17) is 28.4 Å². The van der Waals surface area contributed by atoms with Crippen LogP contribution >= 0.6 is 0 Å². The lowest BCUT2D eigenvalue weighted by Crippen LogP contribution is -2.36. The number of rotatable bonds is 5. The van der Waals surface area contributed by atoms with Gasteiger partial charge >= 0.3 is 5.97 Å². The Morgan fingerprint density at radius 2 is 1.55 bits per heavy atom. The van der Waals surface area contributed by atoms with E-state index in [0.717, 1.165) is 0 Å². The van der Waals surface area contributed by atoms with Crippen molar-refractivity contribution in [2.45, 2.75) is 12.8 Å². The van der Waals surface area contributed by atoms with Crippen LogP contribution in [-0.4, -0.2) is 39.9 Å². The van der Waals surface area contributed by atoms with Crippen LogP contribution in [0.4, 0.5) is 0 Å². The molecule has 0 spiro atoms. The molecule has 0 amide bonds. The predicted octanol–water partition coefficient (Wildman–Crippen LogP) is 2.70. The zero-order chi connectivity index (χ0) is 20.7. The number of benzene rings is 2. The summed E-state index contributed by atoms with van der Waals surface area (Å²) in [6.07, 6.45) is 0. The number of ketones is 1. The fraction of sp³-hybridized carbons (Fsp3) is 0.333. The van der Waals surface area contributed by atoms with Crippen LogP contribution in [0.15, 0.2) is 24.3 Å². The van der Waals surface area contributed by atoms with Crippen molar-refractivity contribution in [1.29, 1.82) is 0 Å². The Morgan fingerprint density at radius 3 is 2.10 bits per heavy atom. The first-order valence-electron chi connectivity index (χ1n) is 8.94. The summed E-state index contributed by atoms with van der Waals surface area (Å²) in [7, 11) is 4.52. The first-order valence-corrected chi connectivity index (χ1v) is 8.94. The number of Topliss-reactive ketones (excluding diaryl/α,β-unsaturated/α-hetero) is 1. The van der Waals surface area contributed by atoms with Crippen molar-refractivity contribution in [3.8, 4) is 34.5 Å². The highest BCUT2D eigenvalue weighted by atomic mass is 16.7. The molecule has 8 heteroatoms. The molecular formula is C21H20O8. The predicted molar refractivity (Wildman–Crippen MR) is 100 cm³/mol. The molecule has 2 aromatic carbocycles. The van der Waals surface area contributed by atoms with Gasteiger partial charge in [0, 0.05) is 17.5 Å². The summed E-state index contributed by atoms with van der Waals surface area (Å²) in [5.41, 5.74) is 1.29. The zero-order valence-electron chi connectivity index (χ0n) is 16.4. The number of esters is 1. The van der Waals surface area contributed by atoms with Gasteiger partial charge in [0.2, 0.25) is 12.5 Å². The first-order chi connectivity index (χ1) is 14.0. The monoisotopic (exact) mass is 400 g/mol. The minimum Gasteiger partial charge on any atom is -0.493 e. The fourth-order valence-corrected chi connectivity index (χ4v) is 3.81. The number of carbonyl (C=O) groups excluding carboxylic acids is 2. The van der Waals surface area contributed by atoms with Gasteiger partial charge in [-0.1, -0.05) is 0 Å². The normalized spacial score (nSPS) is 19.2. The van der Waals surface area contributed by atoms with Gasteiger partial charge in [0.1, 0.15) is 17.5 Å². The number of hydrogen-bond acceptors (Lipinski definition) is 8. The topological polar surface area (TPSA) is 89.5 Å². The Balaban J connectivity index is 1.95. The molecule has 0 fully saturated rings. The summed E-state index contributed by atoms with van der Waals surface area (Å²) >= 11 is 0. The lowest BCUT2D eigenvalue weighted by molar-refractivity contribution is -0.145. The van der Waals surface area contributed by atoms with E-state index in [-0.39, 0.29) is 12.6 Å². The molecular weight excluding hydrogens is 380 g/mol. The third-order valence-corrected chi connectivity index (χ3v) is 5.12. The molecule has 8 nitrogen and oxygen atoms in total. The number of methoxy groups -OCH3 is 3. The Morgan fingerprint density at radius 1 is 0.931 bits per heavy atom. The molecule has 0 N–H and O–H groups in total. The van der Waals surface area contributed by atoms with Gasteiger partial charge < -0.3 is 28.4 Å². The molecule has 152 valence electrons. The maximum atomic E-state index is 12.7. The second-order valence-electron chi connectivity index (χ2n) is 6.69. The molecule has 4 rings (SSSR count). The Bertz CT molecular complexity index is 971. The van der Waals surface area contributed by atoms with Crippen molar-refractivity contribution >= 4 is 11.8 Å². The SMILES string of the molecule is COc1cc(C2c3cc4c(cc3OC(=O)C2C(C)=O)OCO4)cc(OC)c1OC. The van der Waals surface area contributed by atoms with E-state index < -0.39 is 17.8 Å². The van der Waals surface area contributed by atoms with Crippen LogP contribution in [0.1, 0.15) is 24.0 Å². The minimum absolute atomic E-state index is 0.0805. The molecule has 2 aliphatic rings. The van der Waals surface area contributed by atoms with Crippen LogP contribution in [0.5, 0.6) is 34.5 Å². The molecule has 0 aliphatic carbocycles. The van der Waals surface area contributed by atoms with Crippen LogP contribution in [0.3, 0.4) is 0 Å². The average molecular weight is 400 g/mol. The van der Waals surface area contributed by atoms with E-state index in [9.17, 15) is 9.59 Å². The summed E-state index contributed by atoms with van der Waals surface area (Å²) < 4.78 is 32.6. The molecule has 0 bridgehead atoms. The highest BCUT2D eigenvalue weighted by Crippen LogP contribution is 2.50. The number of fused-ring (bicyclic) bond motifs is 2. The summed E-state index contributed by atoms with van der Waals surface area (Å²) in [4.78, 5) is 25.1. The summed E-state index contributed by atoms with van der Waals surface area (Å²) in [5.74, 6) is 0.0360. The maximum Gasteiger partial charge on any atom is 0.322 e. The van der Waals surface area contributed by atoms with Gasteiger partial charge in [-0.2, -0.15) is 0 Å². The van der Waals surface area contributed by atoms with Crippen LogP contribution in [0.25, 0.3) is 0 Å². The molecule has 0 saturated heterocycles. The quantitative estimate of drug-likeness (QED) is 0.430. The lowest BCUT2D eigenvalue weighted by atomic mass is 9.76. The standard InChI is InChI=1S/C21H20O8/c1-10(22)18-19(11-5-16(24-2)20(26-4)17(6-11)25-3)12-7-14-15(28-9-27-14)8-13(12)29-21(18)23/h5-8,18-19H,9H2,1-4H3. The van der Waals surface area contributed by atoms with Crippen LogP contribution in [0.2, 0.25) is 0 Å². The van der Waals surface area contributed by atoms with E-state index >= 15 is 0 Å². The number of carbonyl (C=O) groups is 2. The minimum atomic E-state index is -1.02. The third kappa shape index (κ3) is 3.00. The fourth-order valence-electron chi connectivity index (χ4n) is 3.81. The Kier molecular flexibility index (Phi) is 4.70.